The van der Waals surface area contributed by atoms with Crippen LogP contribution in [0.3, 0.4) is 0 Å². The number of fused-ring (bicyclic) bond motifs is 1. The maximum absolute atomic E-state index is 10.5. The quantitative estimate of drug-likeness (QED) is 0.540. The van der Waals surface area contributed by atoms with Crippen molar-refractivity contribution in [2.75, 3.05) is 18.9 Å². The number of aromatic nitrogens is 1. The van der Waals surface area contributed by atoms with Gasteiger partial charge in [0, 0.05) is 25.2 Å². The topological polar surface area (TPSA) is 74.2 Å². The molecule has 2 rings (SSSR count). The number of nitrogens with zero attached hydrogens (tertiary/aromatic N) is 1. The third-order valence-electron chi connectivity index (χ3n) is 4.61. The van der Waals surface area contributed by atoms with Gasteiger partial charge in [0.1, 0.15) is 5.82 Å². The van der Waals surface area contributed by atoms with Gasteiger partial charge in [-0.05, 0) is 56.3 Å². The molecule has 0 atom stereocenters. The summed E-state index contributed by atoms with van der Waals surface area (Å²) in [5.74, 6) is 0.406. The van der Waals surface area contributed by atoms with Gasteiger partial charge in [-0.2, -0.15) is 0 Å². The van der Waals surface area contributed by atoms with Gasteiger partial charge < -0.3 is 15.7 Å². The molecule has 0 bridgehead atoms. The van der Waals surface area contributed by atoms with Crippen LogP contribution in [0.5, 0.6) is 0 Å². The molecule has 1 aromatic rings. The van der Waals surface area contributed by atoms with E-state index >= 15 is 0 Å². The number of hydrogen-bond acceptors (Lipinski definition) is 4. The first-order chi connectivity index (χ1) is 11.7. The minimum atomic E-state index is -0.681. The van der Waals surface area contributed by atoms with E-state index in [9.17, 15) is 4.79 Å². The van der Waals surface area contributed by atoms with Crippen LogP contribution in [-0.2, 0) is 24.2 Å². The predicted octanol–water partition coefficient (Wildman–Crippen LogP) is 3.52. The molecule has 1 aliphatic rings. The van der Waals surface area contributed by atoms with E-state index in [1.165, 1.54) is 36.1 Å². The van der Waals surface area contributed by atoms with Crippen molar-refractivity contribution in [2.45, 2.75) is 70.8 Å². The lowest BCUT2D eigenvalue weighted by molar-refractivity contribution is -0.137. The van der Waals surface area contributed by atoms with E-state index in [0.29, 0.717) is 6.42 Å². The van der Waals surface area contributed by atoms with Crippen LogP contribution in [0, 0.1) is 0 Å². The summed E-state index contributed by atoms with van der Waals surface area (Å²) < 4.78 is 0. The van der Waals surface area contributed by atoms with E-state index in [-0.39, 0.29) is 0 Å². The van der Waals surface area contributed by atoms with E-state index in [2.05, 4.69) is 16.7 Å². The maximum atomic E-state index is 10.5. The van der Waals surface area contributed by atoms with E-state index < -0.39 is 5.97 Å². The number of nitrogens with one attached hydrogen (secondary N) is 2. The van der Waals surface area contributed by atoms with Gasteiger partial charge in [0.05, 0.1) is 0 Å². The summed E-state index contributed by atoms with van der Waals surface area (Å²) in [5, 5.41) is 15.3. The number of carboxylic acids is 1. The van der Waals surface area contributed by atoms with Crippen LogP contribution < -0.4 is 10.6 Å². The van der Waals surface area contributed by atoms with Gasteiger partial charge in [-0.3, -0.25) is 4.79 Å². The molecule has 0 radical (unpaired) electrons. The third-order valence-corrected chi connectivity index (χ3v) is 4.61. The van der Waals surface area contributed by atoms with Gasteiger partial charge in [-0.1, -0.05) is 25.7 Å². The maximum Gasteiger partial charge on any atom is 0.303 e. The molecule has 0 saturated carbocycles. The molecule has 1 aliphatic heterocycles. The number of aliphatic carboxylic acids is 1. The number of hydrogen-bond donors (Lipinski definition) is 3. The predicted molar refractivity (Wildman–Crippen MR) is 97.5 cm³/mol. The van der Waals surface area contributed by atoms with Crippen LogP contribution in [0.1, 0.15) is 68.2 Å². The highest BCUT2D eigenvalue weighted by atomic mass is 16.4. The Hall–Kier alpha value is -1.62. The summed E-state index contributed by atoms with van der Waals surface area (Å²) >= 11 is 0. The molecule has 0 aromatic carbocycles. The van der Waals surface area contributed by atoms with Crippen molar-refractivity contribution < 1.29 is 9.90 Å². The molecule has 0 saturated heterocycles. The minimum absolute atomic E-state index is 0.305. The number of unbranched alkanes of at least 4 members (excludes halogenated alkanes) is 5. The summed E-state index contributed by atoms with van der Waals surface area (Å²) in [6.07, 6.45) is 10.1. The normalized spacial score (nSPS) is 13.4. The monoisotopic (exact) mass is 333 g/mol. The van der Waals surface area contributed by atoms with Gasteiger partial charge in [-0.25, -0.2) is 4.98 Å². The van der Waals surface area contributed by atoms with Crippen molar-refractivity contribution in [1.82, 2.24) is 10.3 Å². The van der Waals surface area contributed by atoms with Crippen LogP contribution in [-0.4, -0.2) is 29.7 Å². The Labute approximate surface area is 145 Å². The second kappa shape index (κ2) is 10.3. The van der Waals surface area contributed by atoms with E-state index in [1.807, 2.05) is 7.05 Å². The van der Waals surface area contributed by atoms with Crippen LogP contribution >= 0.6 is 0 Å². The SMILES string of the molecule is CNCc1cc2c(nc1CCCCCCCCC(=O)O)NCCC2. The Balaban J connectivity index is 1.76. The molecule has 0 unspecified atom stereocenters. The second-order valence-electron chi connectivity index (χ2n) is 6.68. The fourth-order valence-electron chi connectivity index (χ4n) is 3.31. The largest absolute Gasteiger partial charge is 0.481 e. The molecule has 3 N–H and O–H groups in total. The number of anilines is 1. The highest BCUT2D eigenvalue weighted by Crippen LogP contribution is 2.24. The molecule has 5 nitrogen and oxygen atoms in total. The number of carbonyl (C=O) groups is 1. The molecule has 0 aliphatic carbocycles. The first-order valence-corrected chi connectivity index (χ1v) is 9.32. The molecular formula is C19H31N3O2. The fraction of sp³-hybridized carbons (Fsp3) is 0.684. The van der Waals surface area contributed by atoms with Gasteiger partial charge in [0.25, 0.3) is 0 Å². The Bertz CT molecular complexity index is 532. The van der Waals surface area contributed by atoms with E-state index in [4.69, 9.17) is 10.1 Å². The lowest BCUT2D eigenvalue weighted by Gasteiger charge is -2.20. The van der Waals surface area contributed by atoms with E-state index in [0.717, 1.165) is 57.4 Å². The first-order valence-electron chi connectivity index (χ1n) is 9.32. The van der Waals surface area contributed by atoms with Crippen LogP contribution in [0.25, 0.3) is 0 Å². The minimum Gasteiger partial charge on any atom is -0.481 e. The second-order valence-corrected chi connectivity index (χ2v) is 6.68. The molecule has 0 spiro atoms. The van der Waals surface area contributed by atoms with Gasteiger partial charge in [-0.15, -0.1) is 0 Å². The first kappa shape index (κ1) is 18.7. The van der Waals surface area contributed by atoms with Crippen molar-refractivity contribution in [1.29, 1.82) is 0 Å². The molecule has 2 heterocycles. The zero-order valence-electron chi connectivity index (χ0n) is 14.9. The van der Waals surface area contributed by atoms with Crippen LogP contribution in [0.2, 0.25) is 0 Å². The molecule has 0 fully saturated rings. The Kier molecular flexibility index (Phi) is 8.02. The standard InChI is InChI=1S/C19H31N3O2/c1-20-14-16-13-15-9-8-12-21-19(15)22-17(16)10-6-4-2-3-5-7-11-18(23)24/h13,20H,2-12,14H2,1H3,(H,21,22)(H,23,24). The third kappa shape index (κ3) is 6.11. The smallest absolute Gasteiger partial charge is 0.303 e. The van der Waals surface area contributed by atoms with Crippen LogP contribution in [0.4, 0.5) is 5.82 Å². The zero-order valence-corrected chi connectivity index (χ0v) is 14.9. The van der Waals surface area contributed by atoms with Crippen molar-refractivity contribution >= 4 is 11.8 Å². The molecule has 5 heteroatoms. The summed E-state index contributed by atoms with van der Waals surface area (Å²) in [5.41, 5.74) is 3.92. The average Bonchev–Trinajstić information content (AvgIpc) is 2.57. The van der Waals surface area contributed by atoms with Crippen molar-refractivity contribution in [3.8, 4) is 0 Å². The number of rotatable bonds is 11. The molecular weight excluding hydrogens is 302 g/mol. The summed E-state index contributed by atoms with van der Waals surface area (Å²) in [6, 6.07) is 2.33. The lowest BCUT2D eigenvalue weighted by atomic mass is 10.00. The summed E-state index contributed by atoms with van der Waals surface area (Å²) in [7, 11) is 1.98. The highest BCUT2D eigenvalue weighted by Gasteiger charge is 2.14. The van der Waals surface area contributed by atoms with Gasteiger partial charge in [0.15, 0.2) is 0 Å². The molecule has 0 amide bonds. The van der Waals surface area contributed by atoms with Crippen molar-refractivity contribution in [3.63, 3.8) is 0 Å². The fourth-order valence-corrected chi connectivity index (χ4v) is 3.31. The highest BCUT2D eigenvalue weighted by molar-refractivity contribution is 5.66. The molecule has 134 valence electrons. The zero-order chi connectivity index (χ0) is 17.2. The number of aryl methyl sites for hydroxylation is 2. The van der Waals surface area contributed by atoms with Crippen molar-refractivity contribution in [2.24, 2.45) is 0 Å². The van der Waals surface area contributed by atoms with E-state index in [1.54, 1.807) is 0 Å². The number of carboxylic acid groups (broad SMARTS) is 1. The number of pyridine rings is 1. The van der Waals surface area contributed by atoms with Crippen LogP contribution in [0.15, 0.2) is 6.07 Å². The van der Waals surface area contributed by atoms with Gasteiger partial charge in [0.2, 0.25) is 0 Å². The molecule has 1 aromatic heterocycles. The Morgan fingerprint density at radius 3 is 2.75 bits per heavy atom. The van der Waals surface area contributed by atoms with Gasteiger partial charge >= 0.3 is 5.97 Å². The average molecular weight is 333 g/mol. The Morgan fingerprint density at radius 2 is 2.00 bits per heavy atom. The Morgan fingerprint density at radius 1 is 1.25 bits per heavy atom. The van der Waals surface area contributed by atoms with Crippen molar-refractivity contribution in [3.05, 3.63) is 22.9 Å². The lowest BCUT2D eigenvalue weighted by Crippen LogP contribution is -2.17. The summed E-state index contributed by atoms with van der Waals surface area (Å²) in [6.45, 7) is 1.91. The summed E-state index contributed by atoms with van der Waals surface area (Å²) in [4.78, 5) is 15.3. The molecule has 24 heavy (non-hydrogen) atoms.